The zero-order valence-electron chi connectivity index (χ0n) is 15.1. The van der Waals surface area contributed by atoms with Crippen molar-refractivity contribution in [2.45, 2.75) is 47.0 Å². The van der Waals surface area contributed by atoms with Crippen LogP contribution in [-0.2, 0) is 12.8 Å². The molecule has 1 aromatic heterocycles. The van der Waals surface area contributed by atoms with Gasteiger partial charge in [0.2, 0.25) is 0 Å². The van der Waals surface area contributed by atoms with Gasteiger partial charge in [-0.3, -0.25) is 0 Å². The molecule has 2 aromatic rings. The van der Waals surface area contributed by atoms with Crippen LogP contribution in [0.4, 0.5) is 0 Å². The minimum atomic E-state index is -0.947. The maximum absolute atomic E-state index is 11.8. The molecule has 0 bridgehead atoms. The molecule has 0 atom stereocenters. The van der Waals surface area contributed by atoms with Crippen molar-refractivity contribution in [1.82, 2.24) is 9.78 Å². The summed E-state index contributed by atoms with van der Waals surface area (Å²) in [4.78, 5) is 11.8. The van der Waals surface area contributed by atoms with Gasteiger partial charge in [0.15, 0.2) is 5.69 Å². The van der Waals surface area contributed by atoms with Crippen LogP contribution in [0.1, 0.15) is 55.9 Å². The third kappa shape index (κ3) is 3.30. The summed E-state index contributed by atoms with van der Waals surface area (Å²) in [6.07, 6.45) is 2.56. The highest BCUT2D eigenvalue weighted by atomic mass is 16.5. The van der Waals surface area contributed by atoms with Crippen LogP contribution < -0.4 is 4.74 Å². The first-order valence-corrected chi connectivity index (χ1v) is 8.40. The lowest BCUT2D eigenvalue weighted by Crippen LogP contribution is -2.23. The summed E-state index contributed by atoms with van der Waals surface area (Å²) in [5.41, 5.74) is 2.77. The van der Waals surface area contributed by atoms with Crippen LogP contribution in [0, 0.1) is 5.41 Å². The van der Waals surface area contributed by atoms with Crippen LogP contribution >= 0.6 is 0 Å². The van der Waals surface area contributed by atoms with E-state index in [1.54, 1.807) is 7.11 Å². The maximum atomic E-state index is 11.8. The third-order valence-electron chi connectivity index (χ3n) is 4.28. The number of nitrogens with zero attached hydrogens (tertiary/aromatic N) is 2. The highest BCUT2D eigenvalue weighted by Gasteiger charge is 2.33. The molecular formula is C19H26N2O3. The summed E-state index contributed by atoms with van der Waals surface area (Å²) in [6, 6.07) is 7.35. The van der Waals surface area contributed by atoms with E-state index < -0.39 is 5.97 Å². The van der Waals surface area contributed by atoms with E-state index in [0.717, 1.165) is 30.5 Å². The van der Waals surface area contributed by atoms with Crippen LogP contribution in [0.3, 0.4) is 0 Å². The number of carboxylic acids is 1. The second-order valence-electron chi connectivity index (χ2n) is 6.50. The lowest BCUT2D eigenvalue weighted by Gasteiger charge is -2.28. The van der Waals surface area contributed by atoms with Gasteiger partial charge in [-0.15, -0.1) is 0 Å². The molecule has 0 saturated carbocycles. The minimum Gasteiger partial charge on any atom is -0.494 e. The molecule has 1 aromatic carbocycles. The van der Waals surface area contributed by atoms with Gasteiger partial charge >= 0.3 is 5.97 Å². The Bertz CT molecular complexity index is 732. The van der Waals surface area contributed by atoms with Crippen molar-refractivity contribution >= 4 is 5.97 Å². The van der Waals surface area contributed by atoms with Crippen LogP contribution in [-0.4, -0.2) is 28.0 Å². The number of aryl methyl sites for hydroxylation is 1. The molecule has 5 nitrogen and oxygen atoms in total. The van der Waals surface area contributed by atoms with Gasteiger partial charge in [-0.2, -0.15) is 5.10 Å². The highest BCUT2D eigenvalue weighted by Crippen LogP contribution is 2.37. The van der Waals surface area contributed by atoms with E-state index in [1.807, 2.05) is 38.1 Å². The van der Waals surface area contributed by atoms with Gasteiger partial charge in [0, 0.05) is 5.56 Å². The Morgan fingerprint density at radius 2 is 1.96 bits per heavy atom. The normalized spacial score (nSPS) is 15.0. The van der Waals surface area contributed by atoms with E-state index in [4.69, 9.17) is 4.74 Å². The van der Waals surface area contributed by atoms with E-state index in [2.05, 4.69) is 18.9 Å². The van der Waals surface area contributed by atoms with Gasteiger partial charge in [0.05, 0.1) is 12.8 Å². The van der Waals surface area contributed by atoms with Crippen molar-refractivity contribution in [2.24, 2.45) is 5.41 Å². The summed E-state index contributed by atoms with van der Waals surface area (Å²) in [5.74, 6) is -0.332. The molecule has 1 aliphatic rings. The monoisotopic (exact) mass is 330 g/mol. The van der Waals surface area contributed by atoms with Gasteiger partial charge in [-0.25, -0.2) is 9.48 Å². The molecule has 5 heteroatoms. The van der Waals surface area contributed by atoms with E-state index in [1.165, 1.54) is 4.68 Å². The Balaban J connectivity index is 0.00000100. The maximum Gasteiger partial charge on any atom is 0.354 e. The number of carboxylic acid groups (broad SMARTS) is 1. The molecule has 0 unspecified atom stereocenters. The number of rotatable bonds is 3. The van der Waals surface area contributed by atoms with Crippen LogP contribution in [0.25, 0.3) is 5.69 Å². The molecule has 1 heterocycles. The number of para-hydroxylation sites is 2. The average molecular weight is 330 g/mol. The molecule has 130 valence electrons. The number of fused-ring (bicyclic) bond motifs is 1. The first-order chi connectivity index (χ1) is 11.4. The lowest BCUT2D eigenvalue weighted by atomic mass is 9.76. The van der Waals surface area contributed by atoms with Crippen molar-refractivity contribution in [1.29, 1.82) is 0 Å². The zero-order valence-corrected chi connectivity index (χ0v) is 15.1. The van der Waals surface area contributed by atoms with Crippen LogP contribution in [0.15, 0.2) is 24.3 Å². The first kappa shape index (κ1) is 18.0. The second-order valence-corrected chi connectivity index (χ2v) is 6.50. The standard InChI is InChI=1S/C17H20N2O3.C2H6/c1-17(2)9-8-12-11(10-17)15(16(20)21)19(18-12)13-6-4-5-7-14(13)22-3;1-2/h4-7H,8-10H2,1-3H3,(H,20,21);1-2H3. The number of carbonyl (C=O) groups is 1. The van der Waals surface area contributed by atoms with Gasteiger partial charge < -0.3 is 9.84 Å². The van der Waals surface area contributed by atoms with Gasteiger partial charge in [0.1, 0.15) is 11.4 Å². The Labute approximate surface area is 143 Å². The largest absolute Gasteiger partial charge is 0.494 e. The van der Waals surface area contributed by atoms with E-state index in [0.29, 0.717) is 11.4 Å². The minimum absolute atomic E-state index is 0.103. The van der Waals surface area contributed by atoms with Crippen molar-refractivity contribution < 1.29 is 14.6 Å². The van der Waals surface area contributed by atoms with Gasteiger partial charge in [-0.05, 0) is 36.8 Å². The molecule has 0 fully saturated rings. The third-order valence-corrected chi connectivity index (χ3v) is 4.28. The number of aromatic carboxylic acids is 1. The summed E-state index contributed by atoms with van der Waals surface area (Å²) >= 11 is 0. The fourth-order valence-corrected chi connectivity index (χ4v) is 3.10. The first-order valence-electron chi connectivity index (χ1n) is 8.40. The quantitative estimate of drug-likeness (QED) is 0.919. The average Bonchev–Trinajstić information content (AvgIpc) is 2.94. The Hall–Kier alpha value is -2.30. The fraction of sp³-hybridized carbons (Fsp3) is 0.474. The predicted octanol–water partition coefficient (Wildman–Crippen LogP) is 4.12. The van der Waals surface area contributed by atoms with Gasteiger partial charge in [0.25, 0.3) is 0 Å². The highest BCUT2D eigenvalue weighted by molar-refractivity contribution is 5.89. The SMILES string of the molecule is CC.COc1ccccc1-n1nc2c(c1C(=O)O)CC(C)(C)CC2. The van der Waals surface area contributed by atoms with E-state index in [-0.39, 0.29) is 11.1 Å². The molecule has 1 N–H and O–H groups in total. The zero-order chi connectivity index (χ0) is 17.9. The Morgan fingerprint density at radius 3 is 2.58 bits per heavy atom. The molecule has 0 saturated heterocycles. The summed E-state index contributed by atoms with van der Waals surface area (Å²) in [6.45, 7) is 8.34. The Morgan fingerprint density at radius 1 is 1.29 bits per heavy atom. The molecule has 24 heavy (non-hydrogen) atoms. The van der Waals surface area contributed by atoms with Gasteiger partial charge in [-0.1, -0.05) is 39.8 Å². The molecule has 0 aliphatic heterocycles. The molecule has 0 radical (unpaired) electrons. The second kappa shape index (κ2) is 7.07. The number of ether oxygens (including phenoxy) is 1. The molecular weight excluding hydrogens is 304 g/mol. The number of methoxy groups -OCH3 is 1. The summed E-state index contributed by atoms with van der Waals surface area (Å²) < 4.78 is 6.87. The molecule has 1 aliphatic carbocycles. The predicted molar refractivity (Wildman–Crippen MR) is 94.2 cm³/mol. The number of hydrogen-bond donors (Lipinski definition) is 1. The van der Waals surface area contributed by atoms with Crippen molar-refractivity contribution in [3.8, 4) is 11.4 Å². The molecule has 3 rings (SSSR count). The number of hydrogen-bond acceptors (Lipinski definition) is 3. The van der Waals surface area contributed by atoms with Crippen molar-refractivity contribution in [3.05, 3.63) is 41.2 Å². The van der Waals surface area contributed by atoms with E-state index >= 15 is 0 Å². The fourth-order valence-electron chi connectivity index (χ4n) is 3.10. The van der Waals surface area contributed by atoms with Crippen molar-refractivity contribution in [2.75, 3.05) is 7.11 Å². The molecule has 0 spiro atoms. The van der Waals surface area contributed by atoms with E-state index in [9.17, 15) is 9.90 Å². The van der Waals surface area contributed by atoms with Crippen molar-refractivity contribution in [3.63, 3.8) is 0 Å². The Kier molecular flexibility index (Phi) is 5.32. The summed E-state index contributed by atoms with van der Waals surface area (Å²) in [7, 11) is 1.58. The van der Waals surface area contributed by atoms with Crippen LogP contribution in [0.5, 0.6) is 5.75 Å². The smallest absolute Gasteiger partial charge is 0.354 e. The number of aromatic nitrogens is 2. The summed E-state index contributed by atoms with van der Waals surface area (Å²) in [5, 5.41) is 14.3. The topological polar surface area (TPSA) is 64.4 Å². The molecule has 0 amide bonds. The van der Waals surface area contributed by atoms with Crippen LogP contribution in [0.2, 0.25) is 0 Å². The number of benzene rings is 1. The lowest BCUT2D eigenvalue weighted by molar-refractivity contribution is 0.0685.